The molecule has 0 bridgehead atoms. The van der Waals surface area contributed by atoms with Crippen LogP contribution in [0.4, 0.5) is 11.4 Å². The molecule has 0 saturated carbocycles. The van der Waals surface area contributed by atoms with Crippen molar-refractivity contribution in [3.8, 4) is 5.75 Å². The zero-order chi connectivity index (χ0) is 21.7. The number of likely N-dealkylation sites (N-methyl/N-ethyl adjacent to an activating group) is 2. The first-order valence-electron chi connectivity index (χ1n) is 9.79. The molecule has 0 N–H and O–H groups in total. The van der Waals surface area contributed by atoms with Gasteiger partial charge in [0.05, 0.1) is 5.69 Å². The summed E-state index contributed by atoms with van der Waals surface area (Å²) in [6, 6.07) is 19.4. The van der Waals surface area contributed by atoms with Gasteiger partial charge in [0.1, 0.15) is 5.75 Å². The number of ether oxygens (including phenoxy) is 1. The van der Waals surface area contributed by atoms with Crippen LogP contribution in [0.3, 0.4) is 0 Å². The van der Waals surface area contributed by atoms with Gasteiger partial charge in [-0.2, -0.15) is 0 Å². The van der Waals surface area contributed by atoms with Crippen molar-refractivity contribution in [3.63, 3.8) is 0 Å². The first-order valence-corrected chi connectivity index (χ1v) is 11.9. The van der Waals surface area contributed by atoms with Gasteiger partial charge >= 0.3 is 0 Å². The highest BCUT2D eigenvalue weighted by Crippen LogP contribution is 2.66. The zero-order valence-corrected chi connectivity index (χ0v) is 21.0. The third-order valence-corrected chi connectivity index (χ3v) is 8.08. The van der Waals surface area contributed by atoms with Crippen molar-refractivity contribution in [3.05, 3.63) is 84.5 Å². The largest absolute Gasteiger partial charge is 0.470 e. The molecule has 154 valence electrons. The molecule has 3 aromatic rings. The van der Waals surface area contributed by atoms with E-state index in [4.69, 9.17) is 4.74 Å². The maximum atomic E-state index is 14.2. The van der Waals surface area contributed by atoms with Gasteiger partial charge in [0.2, 0.25) is 11.5 Å². The number of halogens is 2. The molecular weight excluding hydrogens is 618 g/mol. The quantitative estimate of drug-likeness (QED) is 0.345. The van der Waals surface area contributed by atoms with Gasteiger partial charge in [-0.15, -0.1) is 0 Å². The Bertz CT molecular complexity index is 1340. The van der Waals surface area contributed by atoms with E-state index in [1.165, 1.54) is 0 Å². The fraction of sp³-hybridized carbons (Fsp3) is 0.167. The first kappa shape index (κ1) is 19.5. The van der Waals surface area contributed by atoms with E-state index in [1.807, 2.05) is 60.7 Å². The molecule has 5 nitrogen and oxygen atoms in total. The summed E-state index contributed by atoms with van der Waals surface area (Å²) in [4.78, 5) is 31.6. The van der Waals surface area contributed by atoms with Gasteiger partial charge in [0.15, 0.2) is 5.41 Å². The van der Waals surface area contributed by atoms with Crippen molar-refractivity contribution in [1.82, 2.24) is 0 Å². The lowest BCUT2D eigenvalue weighted by Crippen LogP contribution is -2.59. The van der Waals surface area contributed by atoms with E-state index in [9.17, 15) is 9.59 Å². The Morgan fingerprint density at radius 3 is 2.03 bits per heavy atom. The van der Waals surface area contributed by atoms with Crippen LogP contribution in [-0.2, 0) is 20.6 Å². The Hall–Kier alpha value is -2.14. The number of hydrogen-bond acceptors (Lipinski definition) is 3. The fourth-order valence-electron chi connectivity index (χ4n) is 5.48. The number of benzene rings is 3. The Morgan fingerprint density at radius 1 is 0.742 bits per heavy atom. The molecule has 6 rings (SSSR count). The molecule has 2 spiro atoms. The molecule has 2 amide bonds. The number of carbonyl (C=O) groups is 2. The van der Waals surface area contributed by atoms with Crippen LogP contribution >= 0.6 is 45.2 Å². The van der Waals surface area contributed by atoms with E-state index in [-0.39, 0.29) is 11.8 Å². The van der Waals surface area contributed by atoms with Crippen molar-refractivity contribution in [2.75, 3.05) is 23.9 Å². The minimum atomic E-state index is -1.50. The van der Waals surface area contributed by atoms with Crippen LogP contribution < -0.4 is 14.5 Å². The van der Waals surface area contributed by atoms with E-state index in [0.717, 1.165) is 35.2 Å². The number of nitrogens with zero attached hydrogens (tertiary/aromatic N) is 2. The summed E-state index contributed by atoms with van der Waals surface area (Å²) in [6.07, 6.45) is 0. The second kappa shape index (κ2) is 6.22. The van der Waals surface area contributed by atoms with Crippen LogP contribution in [0, 0.1) is 7.14 Å². The molecule has 0 saturated heterocycles. The van der Waals surface area contributed by atoms with Crippen LogP contribution in [-0.4, -0.2) is 25.9 Å². The fourth-order valence-corrected chi connectivity index (χ4v) is 6.46. The standard InChI is InChI=1S/C24H16I2N2O3/c1-27-18-9-7-13(25)11-16(18)23(21(27)29)15-5-3-4-6-20(15)31-24(23)17-12-14(26)8-10-19(17)28(2)22(24)30/h3-12H,1-2H3. The zero-order valence-electron chi connectivity index (χ0n) is 16.6. The number of carbonyl (C=O) groups excluding carboxylic acids is 2. The molecule has 0 aromatic heterocycles. The molecule has 7 heteroatoms. The van der Waals surface area contributed by atoms with E-state index >= 15 is 0 Å². The summed E-state index contributed by atoms with van der Waals surface area (Å²) in [5, 5.41) is 0. The number of fused-ring (bicyclic) bond motifs is 7. The predicted molar refractivity (Wildman–Crippen MR) is 135 cm³/mol. The van der Waals surface area contributed by atoms with Crippen molar-refractivity contribution in [2.45, 2.75) is 11.0 Å². The third-order valence-electron chi connectivity index (χ3n) is 6.74. The maximum Gasteiger partial charge on any atom is 0.277 e. The van der Waals surface area contributed by atoms with Crippen molar-refractivity contribution < 1.29 is 14.3 Å². The number of anilines is 2. The summed E-state index contributed by atoms with van der Waals surface area (Å²) < 4.78 is 8.61. The highest BCUT2D eigenvalue weighted by molar-refractivity contribution is 14.1. The van der Waals surface area contributed by atoms with Gasteiger partial charge in [-0.3, -0.25) is 9.59 Å². The predicted octanol–water partition coefficient (Wildman–Crippen LogP) is 4.42. The second-order valence-corrected chi connectivity index (χ2v) is 10.6. The molecular formula is C24H16I2N2O3. The summed E-state index contributed by atoms with van der Waals surface area (Å²) >= 11 is 4.50. The van der Waals surface area contributed by atoms with E-state index < -0.39 is 11.0 Å². The third kappa shape index (κ3) is 2.07. The van der Waals surface area contributed by atoms with E-state index in [1.54, 1.807) is 23.9 Å². The molecule has 31 heavy (non-hydrogen) atoms. The molecule has 3 aliphatic heterocycles. The Balaban J connectivity index is 1.82. The SMILES string of the molecule is CN1C(=O)C2(Oc3ccccc3C23C(=O)N(C)c2ccc(I)cc23)c2cc(I)ccc21. The Kier molecular flexibility index (Phi) is 3.92. The van der Waals surface area contributed by atoms with Gasteiger partial charge < -0.3 is 14.5 Å². The smallest absolute Gasteiger partial charge is 0.277 e. The molecule has 0 fully saturated rings. The summed E-state index contributed by atoms with van der Waals surface area (Å²) in [5.41, 5.74) is 1.06. The number of hydrogen-bond donors (Lipinski definition) is 0. The van der Waals surface area contributed by atoms with E-state index in [0.29, 0.717) is 5.75 Å². The summed E-state index contributed by atoms with van der Waals surface area (Å²) in [7, 11) is 3.53. The Morgan fingerprint density at radius 2 is 1.32 bits per heavy atom. The number of rotatable bonds is 0. The second-order valence-electron chi connectivity index (χ2n) is 8.08. The molecule has 2 unspecified atom stereocenters. The van der Waals surface area contributed by atoms with Crippen LogP contribution in [0.25, 0.3) is 0 Å². The number of para-hydroxylation sites is 1. The van der Waals surface area contributed by atoms with E-state index in [2.05, 4.69) is 45.2 Å². The average Bonchev–Trinajstić information content (AvgIpc) is 3.27. The van der Waals surface area contributed by atoms with Gasteiger partial charge in [-0.25, -0.2) is 0 Å². The highest BCUT2D eigenvalue weighted by atomic mass is 127. The first-order chi connectivity index (χ1) is 14.8. The molecule has 2 atom stereocenters. The van der Waals surface area contributed by atoms with Gasteiger partial charge in [-0.05, 0) is 87.6 Å². The normalized spacial score (nSPS) is 25.3. The molecule has 3 heterocycles. The minimum absolute atomic E-state index is 0.150. The van der Waals surface area contributed by atoms with Crippen molar-refractivity contribution in [1.29, 1.82) is 0 Å². The highest BCUT2D eigenvalue weighted by Gasteiger charge is 2.76. The number of amides is 2. The van der Waals surface area contributed by atoms with Gasteiger partial charge in [0, 0.05) is 43.6 Å². The maximum absolute atomic E-state index is 14.2. The van der Waals surface area contributed by atoms with Crippen LogP contribution in [0.2, 0.25) is 0 Å². The molecule has 3 aliphatic rings. The minimum Gasteiger partial charge on any atom is -0.470 e. The van der Waals surface area contributed by atoms with Crippen LogP contribution in [0.1, 0.15) is 16.7 Å². The lowest BCUT2D eigenvalue weighted by atomic mass is 9.63. The monoisotopic (exact) mass is 634 g/mol. The Labute approximate surface area is 206 Å². The van der Waals surface area contributed by atoms with Crippen molar-refractivity contribution >= 4 is 68.4 Å². The van der Waals surface area contributed by atoms with Gasteiger partial charge in [0.25, 0.3) is 5.91 Å². The summed E-state index contributed by atoms with van der Waals surface area (Å²) in [5.74, 6) is 0.196. The van der Waals surface area contributed by atoms with Crippen molar-refractivity contribution in [2.24, 2.45) is 0 Å². The van der Waals surface area contributed by atoms with Gasteiger partial charge in [-0.1, -0.05) is 18.2 Å². The van der Waals surface area contributed by atoms with Crippen LogP contribution in [0.5, 0.6) is 5.75 Å². The molecule has 0 radical (unpaired) electrons. The lowest BCUT2D eigenvalue weighted by Gasteiger charge is -2.37. The van der Waals surface area contributed by atoms with Crippen LogP contribution in [0.15, 0.2) is 60.7 Å². The molecule has 0 aliphatic carbocycles. The topological polar surface area (TPSA) is 49.9 Å². The molecule has 3 aromatic carbocycles. The average molecular weight is 634 g/mol. The lowest BCUT2D eigenvalue weighted by molar-refractivity contribution is -0.142. The summed E-state index contributed by atoms with van der Waals surface area (Å²) in [6.45, 7) is 0.